The first kappa shape index (κ1) is 10.3. The molecule has 4 aliphatic rings. The first-order valence-electron chi connectivity index (χ1n) is 6.56. The second-order valence-corrected chi connectivity index (χ2v) is 6.04. The molecule has 4 fully saturated rings. The van der Waals surface area contributed by atoms with Crippen LogP contribution in [0.4, 0.5) is 0 Å². The van der Waals surface area contributed by atoms with E-state index in [9.17, 15) is 0 Å². The maximum Gasteiger partial charge on any atom is 0.249 e. The summed E-state index contributed by atoms with van der Waals surface area (Å²) in [6, 6.07) is 0.878. The summed E-state index contributed by atoms with van der Waals surface area (Å²) < 4.78 is 14.5. The molecule has 4 bridgehead atoms. The van der Waals surface area contributed by atoms with Crippen LogP contribution >= 0.6 is 11.7 Å². The number of aromatic nitrogens is 2. The van der Waals surface area contributed by atoms with Gasteiger partial charge in [-0.25, -0.2) is 0 Å². The lowest BCUT2D eigenvalue weighted by atomic mass is 9.72. The molecule has 3 aliphatic heterocycles. The molecule has 1 aromatic heterocycles. The van der Waals surface area contributed by atoms with E-state index in [-0.39, 0.29) is 0 Å². The van der Waals surface area contributed by atoms with Crippen LogP contribution in [0.2, 0.25) is 0 Å². The maximum atomic E-state index is 5.63. The van der Waals surface area contributed by atoms with Gasteiger partial charge in [-0.3, -0.25) is 4.90 Å². The van der Waals surface area contributed by atoms with Crippen molar-refractivity contribution in [2.75, 3.05) is 19.7 Å². The Morgan fingerprint density at radius 2 is 2.06 bits per heavy atom. The lowest BCUT2D eigenvalue weighted by molar-refractivity contribution is 0.212. The molecule has 2 unspecified atom stereocenters. The fraction of sp³-hybridized carbons (Fsp3) is 0.833. The van der Waals surface area contributed by atoms with Gasteiger partial charge in [0.15, 0.2) is 0 Å². The third-order valence-electron chi connectivity index (χ3n) is 4.70. The summed E-state index contributed by atoms with van der Waals surface area (Å²) in [5.74, 6) is 3.03. The van der Waals surface area contributed by atoms with E-state index >= 15 is 0 Å². The molecule has 1 aliphatic carbocycles. The van der Waals surface area contributed by atoms with Crippen LogP contribution in [0.3, 0.4) is 0 Å². The van der Waals surface area contributed by atoms with E-state index in [1.54, 1.807) is 0 Å². The molecule has 2 atom stereocenters. The maximum absolute atomic E-state index is 5.63. The SMILES string of the molecule is CCOc1nsnc1C1C2CC3CC1CN3C2. The van der Waals surface area contributed by atoms with Crippen LogP contribution in [0.5, 0.6) is 5.88 Å². The third-order valence-corrected chi connectivity index (χ3v) is 5.22. The monoisotopic (exact) mass is 251 g/mol. The molecule has 0 spiro atoms. The molecular weight excluding hydrogens is 234 g/mol. The minimum atomic E-state index is 0.616. The molecule has 0 N–H and O–H groups in total. The van der Waals surface area contributed by atoms with Gasteiger partial charge in [-0.1, -0.05) is 0 Å². The molecule has 0 aromatic carbocycles. The molecule has 92 valence electrons. The van der Waals surface area contributed by atoms with Crippen molar-refractivity contribution in [3.63, 3.8) is 0 Å². The van der Waals surface area contributed by atoms with E-state index in [1.807, 2.05) is 6.92 Å². The molecule has 5 rings (SSSR count). The van der Waals surface area contributed by atoms with E-state index < -0.39 is 0 Å². The Morgan fingerprint density at radius 1 is 1.29 bits per heavy atom. The summed E-state index contributed by atoms with van der Waals surface area (Å²) in [4.78, 5) is 2.67. The summed E-state index contributed by atoms with van der Waals surface area (Å²) >= 11 is 1.31. The molecular formula is C12H17N3OS. The van der Waals surface area contributed by atoms with Gasteiger partial charge in [-0.05, 0) is 31.6 Å². The van der Waals surface area contributed by atoms with E-state index in [2.05, 4.69) is 13.6 Å². The van der Waals surface area contributed by atoms with Crippen molar-refractivity contribution in [2.45, 2.75) is 31.7 Å². The highest BCUT2D eigenvalue weighted by Crippen LogP contribution is 2.54. The summed E-state index contributed by atoms with van der Waals surface area (Å²) in [7, 11) is 0. The van der Waals surface area contributed by atoms with Crippen LogP contribution in [0, 0.1) is 11.8 Å². The zero-order valence-corrected chi connectivity index (χ0v) is 10.8. The molecule has 0 amide bonds. The first-order chi connectivity index (χ1) is 8.36. The molecule has 3 saturated heterocycles. The van der Waals surface area contributed by atoms with Gasteiger partial charge in [0.2, 0.25) is 5.88 Å². The Hall–Kier alpha value is -0.680. The number of piperidine rings is 1. The third kappa shape index (κ3) is 1.38. The van der Waals surface area contributed by atoms with Crippen LogP contribution in [-0.2, 0) is 0 Å². The zero-order valence-electron chi connectivity index (χ0n) is 10.0. The standard InChI is InChI=1S/C12H17N3OS/c1-2-16-12-11(13-17-14-12)10-7-3-9-4-8(10)6-15(9)5-7/h7-10H,2-6H2,1H3. The van der Waals surface area contributed by atoms with Gasteiger partial charge in [-0.2, -0.15) is 4.37 Å². The lowest BCUT2D eigenvalue weighted by Crippen LogP contribution is -2.34. The number of ether oxygens (including phenoxy) is 1. The van der Waals surface area contributed by atoms with E-state index in [0.29, 0.717) is 12.5 Å². The minimum absolute atomic E-state index is 0.616. The molecule has 1 saturated carbocycles. The van der Waals surface area contributed by atoms with Crippen LogP contribution < -0.4 is 4.74 Å². The average Bonchev–Trinajstić information content (AvgIpc) is 2.94. The summed E-state index contributed by atoms with van der Waals surface area (Å²) in [6.45, 7) is 5.25. The minimum Gasteiger partial charge on any atom is -0.476 e. The summed E-state index contributed by atoms with van der Waals surface area (Å²) in [5.41, 5.74) is 1.16. The Morgan fingerprint density at radius 3 is 2.71 bits per heavy atom. The van der Waals surface area contributed by atoms with Gasteiger partial charge in [0.1, 0.15) is 5.69 Å². The average molecular weight is 251 g/mol. The Bertz CT molecular complexity index is 405. The van der Waals surface area contributed by atoms with Crippen LogP contribution in [-0.4, -0.2) is 39.4 Å². The molecule has 17 heavy (non-hydrogen) atoms. The van der Waals surface area contributed by atoms with Gasteiger partial charge >= 0.3 is 0 Å². The van der Waals surface area contributed by atoms with Gasteiger partial charge < -0.3 is 4.74 Å². The van der Waals surface area contributed by atoms with E-state index in [1.165, 1.54) is 37.7 Å². The molecule has 1 aromatic rings. The van der Waals surface area contributed by atoms with Crippen LogP contribution in [0.1, 0.15) is 31.4 Å². The van der Waals surface area contributed by atoms with Crippen molar-refractivity contribution in [3.05, 3.63) is 5.69 Å². The predicted octanol–water partition coefficient (Wildman–Crippen LogP) is 1.74. The largest absolute Gasteiger partial charge is 0.476 e. The van der Waals surface area contributed by atoms with Gasteiger partial charge in [0.05, 0.1) is 18.3 Å². The van der Waals surface area contributed by atoms with Crippen molar-refractivity contribution in [1.82, 2.24) is 13.6 Å². The van der Waals surface area contributed by atoms with Gasteiger partial charge in [-0.15, -0.1) is 4.37 Å². The molecule has 0 radical (unpaired) electrons. The second-order valence-electron chi connectivity index (χ2n) is 5.51. The van der Waals surface area contributed by atoms with Crippen molar-refractivity contribution in [3.8, 4) is 5.88 Å². The van der Waals surface area contributed by atoms with E-state index in [0.717, 1.165) is 29.5 Å². The first-order valence-corrected chi connectivity index (χ1v) is 7.29. The Balaban J connectivity index is 1.68. The topological polar surface area (TPSA) is 38.3 Å². The second kappa shape index (κ2) is 3.65. The van der Waals surface area contributed by atoms with Crippen molar-refractivity contribution >= 4 is 11.7 Å². The smallest absolute Gasteiger partial charge is 0.249 e. The normalized spacial score (nSPS) is 42.3. The quantitative estimate of drug-likeness (QED) is 0.820. The van der Waals surface area contributed by atoms with E-state index in [4.69, 9.17) is 4.74 Å². The molecule has 4 heterocycles. The fourth-order valence-electron chi connectivity index (χ4n) is 4.20. The Labute approximate surface area is 105 Å². The van der Waals surface area contributed by atoms with Gasteiger partial charge in [0, 0.05) is 25.0 Å². The highest BCUT2D eigenvalue weighted by molar-refractivity contribution is 6.99. The molecule has 5 heteroatoms. The number of rotatable bonds is 3. The number of hydrogen-bond donors (Lipinski definition) is 0. The number of hydrogen-bond acceptors (Lipinski definition) is 5. The predicted molar refractivity (Wildman–Crippen MR) is 65.4 cm³/mol. The highest BCUT2D eigenvalue weighted by atomic mass is 32.1. The van der Waals surface area contributed by atoms with Crippen LogP contribution in [0.25, 0.3) is 0 Å². The van der Waals surface area contributed by atoms with Crippen molar-refractivity contribution < 1.29 is 4.74 Å². The summed E-state index contributed by atoms with van der Waals surface area (Å²) in [6.07, 6.45) is 2.73. The van der Waals surface area contributed by atoms with Crippen molar-refractivity contribution in [2.24, 2.45) is 11.8 Å². The highest BCUT2D eigenvalue weighted by Gasteiger charge is 2.53. The van der Waals surface area contributed by atoms with Crippen molar-refractivity contribution in [1.29, 1.82) is 0 Å². The van der Waals surface area contributed by atoms with Crippen LogP contribution in [0.15, 0.2) is 0 Å². The zero-order chi connectivity index (χ0) is 11.4. The summed E-state index contributed by atoms with van der Waals surface area (Å²) in [5, 5.41) is 0. The number of nitrogens with zero attached hydrogens (tertiary/aromatic N) is 3. The lowest BCUT2D eigenvalue weighted by Gasteiger charge is -2.34. The Kier molecular flexibility index (Phi) is 2.21. The fourth-order valence-corrected chi connectivity index (χ4v) is 4.75. The molecule has 4 nitrogen and oxygen atoms in total. The van der Waals surface area contributed by atoms with Gasteiger partial charge in [0.25, 0.3) is 0 Å².